The summed E-state index contributed by atoms with van der Waals surface area (Å²) in [6.07, 6.45) is 4.47. The van der Waals surface area contributed by atoms with Crippen LogP contribution < -0.4 is 4.74 Å². The molecule has 0 bridgehead atoms. The predicted molar refractivity (Wildman–Crippen MR) is 155 cm³/mol. The molecule has 38 heavy (non-hydrogen) atoms. The Bertz CT molecular complexity index is 1370. The molecule has 0 unspecified atom stereocenters. The van der Waals surface area contributed by atoms with Crippen LogP contribution in [0.15, 0.2) is 83.5 Å². The van der Waals surface area contributed by atoms with Crippen molar-refractivity contribution in [1.82, 2.24) is 14.8 Å². The Morgan fingerprint density at radius 3 is 2.39 bits per heavy atom. The number of methoxy groups -OCH3 is 1. The molecule has 3 aromatic carbocycles. The Morgan fingerprint density at radius 2 is 1.63 bits per heavy atom. The van der Waals surface area contributed by atoms with E-state index in [2.05, 4.69) is 40.0 Å². The van der Waals surface area contributed by atoms with Gasteiger partial charge in [-0.25, -0.2) is 0 Å². The number of fused-ring (bicyclic) bond motifs is 1. The normalized spacial score (nSPS) is 10.9. The number of carbonyl (C=O) groups is 2. The number of carbonyl (C=O) groups excluding carboxylic acids is 2. The number of para-hydroxylation sites is 2. The van der Waals surface area contributed by atoms with Crippen molar-refractivity contribution in [2.24, 2.45) is 0 Å². The highest BCUT2D eigenvalue weighted by Gasteiger charge is 2.23. The molecule has 7 heteroatoms. The second-order valence-corrected chi connectivity index (χ2v) is 10.2. The quantitative estimate of drug-likeness (QED) is 0.211. The van der Waals surface area contributed by atoms with E-state index in [1.54, 1.807) is 24.1 Å². The molecule has 1 aromatic heterocycles. The van der Waals surface area contributed by atoms with Crippen LogP contribution in [0.25, 0.3) is 10.9 Å². The van der Waals surface area contributed by atoms with E-state index < -0.39 is 0 Å². The van der Waals surface area contributed by atoms with Crippen molar-refractivity contribution in [2.45, 2.75) is 32.7 Å². The van der Waals surface area contributed by atoms with E-state index in [0.717, 1.165) is 45.1 Å². The van der Waals surface area contributed by atoms with Crippen molar-refractivity contribution in [3.63, 3.8) is 0 Å². The number of aromatic nitrogens is 1. The zero-order valence-corrected chi connectivity index (χ0v) is 23.5. The molecular formula is C31H34BrN3O3. The molecule has 2 amide bonds. The maximum absolute atomic E-state index is 13.8. The van der Waals surface area contributed by atoms with Crippen LogP contribution in [-0.2, 0) is 17.8 Å². The summed E-state index contributed by atoms with van der Waals surface area (Å²) in [5.74, 6) is 0.525. The van der Waals surface area contributed by atoms with Gasteiger partial charge in [-0.1, -0.05) is 65.7 Å². The average Bonchev–Trinajstić information content (AvgIpc) is 3.36. The Hall–Kier alpha value is -3.58. The number of amides is 2. The Balaban J connectivity index is 1.56. The first-order valence-corrected chi connectivity index (χ1v) is 13.8. The van der Waals surface area contributed by atoms with Gasteiger partial charge in [0.15, 0.2) is 0 Å². The highest BCUT2D eigenvalue weighted by Crippen LogP contribution is 2.22. The highest BCUT2D eigenvalue weighted by molar-refractivity contribution is 9.10. The monoisotopic (exact) mass is 575 g/mol. The summed E-state index contributed by atoms with van der Waals surface area (Å²) in [5.41, 5.74) is 3.75. The van der Waals surface area contributed by atoms with Crippen molar-refractivity contribution in [2.75, 3.05) is 26.7 Å². The Kier molecular flexibility index (Phi) is 9.60. The molecule has 0 saturated heterocycles. The highest BCUT2D eigenvalue weighted by atomic mass is 79.9. The van der Waals surface area contributed by atoms with Crippen LogP contribution in [0.3, 0.4) is 0 Å². The minimum Gasteiger partial charge on any atom is -0.496 e. The largest absolute Gasteiger partial charge is 0.496 e. The second kappa shape index (κ2) is 13.3. The zero-order chi connectivity index (χ0) is 26.9. The number of nitrogens with one attached hydrogen (secondary N) is 1. The molecule has 0 aliphatic rings. The standard InChI is InChI=1S/C31H34BrN3O3/c1-3-4-18-35(31(37)23-13-15-26(32)16-14-23)22-30(36)34(21-25-9-5-8-12-29(25)38-2)19-17-24-20-33-28-11-7-6-10-27(24)28/h5-16,20,33H,3-4,17-19,21-22H2,1-2H3. The SMILES string of the molecule is CCCCN(CC(=O)N(CCc1c[nH]c2ccccc12)Cc1ccccc1OC)C(=O)c1ccc(Br)cc1. The third-order valence-corrected chi connectivity index (χ3v) is 7.25. The van der Waals surface area contributed by atoms with Gasteiger partial charge >= 0.3 is 0 Å². The molecule has 0 spiro atoms. The molecule has 0 saturated carbocycles. The molecule has 0 aliphatic carbocycles. The predicted octanol–water partition coefficient (Wildman–Crippen LogP) is 6.45. The number of hydrogen-bond donors (Lipinski definition) is 1. The topological polar surface area (TPSA) is 65.6 Å². The lowest BCUT2D eigenvalue weighted by molar-refractivity contribution is -0.132. The van der Waals surface area contributed by atoms with Crippen molar-refractivity contribution >= 4 is 38.6 Å². The Labute approximate surface area is 232 Å². The molecule has 0 atom stereocenters. The summed E-state index contributed by atoms with van der Waals surface area (Å²) in [6, 6.07) is 23.2. The van der Waals surface area contributed by atoms with Crippen molar-refractivity contribution < 1.29 is 14.3 Å². The number of hydrogen-bond acceptors (Lipinski definition) is 3. The zero-order valence-electron chi connectivity index (χ0n) is 22.0. The first-order valence-electron chi connectivity index (χ1n) is 13.0. The van der Waals surface area contributed by atoms with E-state index in [1.165, 1.54) is 0 Å². The van der Waals surface area contributed by atoms with Crippen molar-refractivity contribution in [3.8, 4) is 5.75 Å². The van der Waals surface area contributed by atoms with E-state index >= 15 is 0 Å². The fourth-order valence-electron chi connectivity index (χ4n) is 4.56. The van der Waals surface area contributed by atoms with Gasteiger partial charge in [0.2, 0.25) is 5.91 Å². The fourth-order valence-corrected chi connectivity index (χ4v) is 4.83. The number of aromatic amines is 1. The molecule has 1 N–H and O–H groups in total. The molecule has 1 heterocycles. The van der Waals surface area contributed by atoms with Gasteiger partial charge in [0.1, 0.15) is 12.3 Å². The number of halogens is 1. The van der Waals surface area contributed by atoms with Crippen LogP contribution in [0.2, 0.25) is 0 Å². The average molecular weight is 577 g/mol. The number of unbranched alkanes of at least 4 members (excludes halogenated alkanes) is 1. The Morgan fingerprint density at radius 1 is 0.895 bits per heavy atom. The van der Waals surface area contributed by atoms with Crippen LogP contribution in [0.4, 0.5) is 0 Å². The lowest BCUT2D eigenvalue weighted by Gasteiger charge is -2.28. The number of benzene rings is 3. The summed E-state index contributed by atoms with van der Waals surface area (Å²) in [4.78, 5) is 34.0. The van der Waals surface area contributed by atoms with Gasteiger partial charge < -0.3 is 19.5 Å². The second-order valence-electron chi connectivity index (χ2n) is 9.32. The third-order valence-electron chi connectivity index (χ3n) is 6.72. The van der Waals surface area contributed by atoms with Crippen LogP contribution in [-0.4, -0.2) is 53.3 Å². The summed E-state index contributed by atoms with van der Waals surface area (Å²) in [6.45, 7) is 3.56. The minimum atomic E-state index is -0.131. The minimum absolute atomic E-state index is 0.0257. The van der Waals surface area contributed by atoms with Gasteiger partial charge in [-0.05, 0) is 54.8 Å². The van der Waals surface area contributed by atoms with E-state index in [9.17, 15) is 9.59 Å². The molecule has 6 nitrogen and oxygen atoms in total. The summed E-state index contributed by atoms with van der Waals surface area (Å²) >= 11 is 3.43. The van der Waals surface area contributed by atoms with Gasteiger partial charge in [-0.15, -0.1) is 0 Å². The number of H-pyrrole nitrogens is 1. The summed E-state index contributed by atoms with van der Waals surface area (Å²) < 4.78 is 6.47. The summed E-state index contributed by atoms with van der Waals surface area (Å²) in [5, 5.41) is 1.16. The molecule has 0 radical (unpaired) electrons. The maximum Gasteiger partial charge on any atom is 0.254 e. The maximum atomic E-state index is 13.8. The van der Waals surface area contributed by atoms with Crippen molar-refractivity contribution in [1.29, 1.82) is 0 Å². The van der Waals surface area contributed by atoms with Crippen LogP contribution >= 0.6 is 15.9 Å². The molecule has 0 fully saturated rings. The smallest absolute Gasteiger partial charge is 0.254 e. The lowest BCUT2D eigenvalue weighted by atomic mass is 10.1. The third kappa shape index (κ3) is 6.84. The molecular weight excluding hydrogens is 542 g/mol. The van der Waals surface area contributed by atoms with Gasteiger partial charge in [0, 0.05) is 52.3 Å². The van der Waals surface area contributed by atoms with Gasteiger partial charge in [0.25, 0.3) is 5.91 Å². The van der Waals surface area contributed by atoms with Crippen LogP contribution in [0, 0.1) is 0 Å². The summed E-state index contributed by atoms with van der Waals surface area (Å²) in [7, 11) is 1.64. The van der Waals surface area contributed by atoms with Crippen LogP contribution in [0.5, 0.6) is 5.75 Å². The van der Waals surface area contributed by atoms with E-state index in [4.69, 9.17) is 4.74 Å². The van der Waals surface area contributed by atoms with E-state index in [-0.39, 0.29) is 18.4 Å². The van der Waals surface area contributed by atoms with E-state index in [0.29, 0.717) is 31.6 Å². The molecule has 0 aliphatic heterocycles. The van der Waals surface area contributed by atoms with Crippen LogP contribution in [0.1, 0.15) is 41.3 Å². The van der Waals surface area contributed by atoms with E-state index in [1.807, 2.05) is 59.6 Å². The van der Waals surface area contributed by atoms with Crippen molar-refractivity contribution in [3.05, 3.63) is 100 Å². The molecule has 4 rings (SSSR count). The molecule has 198 valence electrons. The van der Waals surface area contributed by atoms with Gasteiger partial charge in [-0.3, -0.25) is 9.59 Å². The number of rotatable bonds is 12. The van der Waals surface area contributed by atoms with Gasteiger partial charge in [0.05, 0.1) is 7.11 Å². The first-order chi connectivity index (χ1) is 18.5. The lowest BCUT2D eigenvalue weighted by Crippen LogP contribution is -2.43. The first kappa shape index (κ1) is 27.5. The number of ether oxygens (including phenoxy) is 1. The van der Waals surface area contributed by atoms with Gasteiger partial charge in [-0.2, -0.15) is 0 Å². The molecule has 4 aromatic rings. The fraction of sp³-hybridized carbons (Fsp3) is 0.290. The number of nitrogens with zero attached hydrogens (tertiary/aromatic N) is 2.